The van der Waals surface area contributed by atoms with Gasteiger partial charge in [0.1, 0.15) is 11.5 Å². The minimum atomic E-state index is -0.715. The van der Waals surface area contributed by atoms with Crippen molar-refractivity contribution >= 4 is 12.2 Å². The normalized spacial score (nSPS) is 11.1. The lowest BCUT2D eigenvalue weighted by Crippen LogP contribution is -2.24. The average Bonchev–Trinajstić information content (AvgIpc) is 2.29. The molecule has 2 amide bonds. The highest BCUT2D eigenvalue weighted by Crippen LogP contribution is 2.25. The van der Waals surface area contributed by atoms with Gasteiger partial charge in [-0.2, -0.15) is 5.10 Å². The Morgan fingerprint density at radius 1 is 1.25 bits per heavy atom. The number of urea groups is 1. The zero-order valence-corrected chi connectivity index (χ0v) is 12.2. The number of rotatable bonds is 6. The van der Waals surface area contributed by atoms with Crippen LogP contribution < -0.4 is 20.6 Å². The van der Waals surface area contributed by atoms with E-state index in [4.69, 9.17) is 15.2 Å². The summed E-state index contributed by atoms with van der Waals surface area (Å²) in [6.45, 7) is 7.77. The Bertz CT molecular complexity index is 485. The number of primary amides is 1. The van der Waals surface area contributed by atoms with Gasteiger partial charge < -0.3 is 15.2 Å². The summed E-state index contributed by atoms with van der Waals surface area (Å²) in [6.07, 6.45) is 1.57. The highest BCUT2D eigenvalue weighted by molar-refractivity contribution is 5.85. The number of hydrogen-bond acceptors (Lipinski definition) is 4. The van der Waals surface area contributed by atoms with E-state index < -0.39 is 6.03 Å². The molecular weight excluding hydrogens is 258 g/mol. The molecule has 0 unspecified atom stereocenters. The zero-order valence-electron chi connectivity index (χ0n) is 12.2. The van der Waals surface area contributed by atoms with Gasteiger partial charge in [0.2, 0.25) is 0 Å². The minimum absolute atomic E-state index is 0.0144. The maximum Gasteiger partial charge on any atom is 0.332 e. The molecule has 0 atom stereocenters. The summed E-state index contributed by atoms with van der Waals surface area (Å²) in [6, 6.07) is 4.71. The van der Waals surface area contributed by atoms with Gasteiger partial charge in [-0.15, -0.1) is 0 Å². The summed E-state index contributed by atoms with van der Waals surface area (Å²) >= 11 is 0. The lowest BCUT2D eigenvalue weighted by Gasteiger charge is -2.15. The van der Waals surface area contributed by atoms with Gasteiger partial charge in [-0.05, 0) is 39.8 Å². The number of nitrogens with zero attached hydrogens (tertiary/aromatic N) is 1. The third kappa shape index (κ3) is 5.60. The second-order valence-electron chi connectivity index (χ2n) is 4.77. The fourth-order valence-corrected chi connectivity index (χ4v) is 1.49. The molecule has 0 heterocycles. The van der Waals surface area contributed by atoms with E-state index in [9.17, 15) is 4.79 Å². The molecule has 110 valence electrons. The van der Waals surface area contributed by atoms with E-state index in [0.29, 0.717) is 5.75 Å². The van der Waals surface area contributed by atoms with Gasteiger partial charge in [-0.3, -0.25) is 0 Å². The highest BCUT2D eigenvalue weighted by Gasteiger charge is 2.07. The lowest BCUT2D eigenvalue weighted by molar-refractivity contribution is 0.229. The van der Waals surface area contributed by atoms with Crippen LogP contribution in [0, 0.1) is 0 Å². The maximum absolute atomic E-state index is 10.6. The number of benzene rings is 1. The van der Waals surface area contributed by atoms with Gasteiger partial charge >= 0.3 is 6.03 Å². The van der Waals surface area contributed by atoms with E-state index in [1.807, 2.05) is 39.8 Å². The molecule has 1 aromatic carbocycles. The van der Waals surface area contributed by atoms with Crippen LogP contribution in [0.4, 0.5) is 4.79 Å². The zero-order chi connectivity index (χ0) is 15.1. The molecule has 20 heavy (non-hydrogen) atoms. The Kier molecular flexibility index (Phi) is 5.83. The van der Waals surface area contributed by atoms with Crippen LogP contribution in [0.15, 0.2) is 23.3 Å². The smallest absolute Gasteiger partial charge is 0.332 e. The first kappa shape index (κ1) is 15.8. The molecule has 0 aromatic heterocycles. The highest BCUT2D eigenvalue weighted by atomic mass is 16.5. The van der Waals surface area contributed by atoms with E-state index in [0.717, 1.165) is 11.3 Å². The number of amides is 2. The van der Waals surface area contributed by atoms with Crippen LogP contribution in [0.2, 0.25) is 0 Å². The summed E-state index contributed by atoms with van der Waals surface area (Å²) in [5, 5.41) is 3.73. The van der Waals surface area contributed by atoms with Crippen molar-refractivity contribution in [1.82, 2.24) is 5.43 Å². The second kappa shape index (κ2) is 7.37. The van der Waals surface area contributed by atoms with Crippen LogP contribution in [-0.2, 0) is 0 Å². The van der Waals surface area contributed by atoms with Gasteiger partial charge in [0.15, 0.2) is 0 Å². The first-order valence-electron chi connectivity index (χ1n) is 6.44. The van der Waals surface area contributed by atoms with Crippen molar-refractivity contribution in [2.24, 2.45) is 10.8 Å². The topological polar surface area (TPSA) is 85.9 Å². The summed E-state index contributed by atoms with van der Waals surface area (Å²) < 4.78 is 11.3. The van der Waals surface area contributed by atoms with Gasteiger partial charge in [0.05, 0.1) is 18.4 Å². The average molecular weight is 279 g/mol. The number of hydrogen-bond donors (Lipinski definition) is 2. The van der Waals surface area contributed by atoms with Gasteiger partial charge in [0, 0.05) is 11.6 Å². The third-order valence-electron chi connectivity index (χ3n) is 2.10. The van der Waals surface area contributed by atoms with Crippen LogP contribution in [0.5, 0.6) is 11.5 Å². The van der Waals surface area contributed by atoms with E-state index in [1.54, 1.807) is 6.07 Å². The molecule has 6 nitrogen and oxygen atoms in total. The monoisotopic (exact) mass is 279 g/mol. The van der Waals surface area contributed by atoms with Gasteiger partial charge in [0.25, 0.3) is 0 Å². The van der Waals surface area contributed by atoms with Crippen LogP contribution in [0.1, 0.15) is 33.3 Å². The molecule has 0 saturated heterocycles. The Labute approximate surface area is 118 Å². The van der Waals surface area contributed by atoms with Crippen molar-refractivity contribution in [3.05, 3.63) is 23.8 Å². The van der Waals surface area contributed by atoms with Crippen LogP contribution in [0.3, 0.4) is 0 Å². The Morgan fingerprint density at radius 2 is 1.90 bits per heavy atom. The van der Waals surface area contributed by atoms with Crippen molar-refractivity contribution in [3.8, 4) is 11.5 Å². The first-order valence-corrected chi connectivity index (χ1v) is 6.44. The molecular formula is C14H21N3O3. The maximum atomic E-state index is 10.6. The largest absolute Gasteiger partial charge is 0.491 e. The van der Waals surface area contributed by atoms with Crippen LogP contribution in [0.25, 0.3) is 0 Å². The van der Waals surface area contributed by atoms with Crippen molar-refractivity contribution in [3.63, 3.8) is 0 Å². The SMILES string of the molecule is CC(C)Oc1ccc(/C=N\NC(N)=O)c(OC(C)C)c1. The van der Waals surface area contributed by atoms with Crippen molar-refractivity contribution < 1.29 is 14.3 Å². The number of carbonyl (C=O) groups is 1. The molecule has 6 heteroatoms. The first-order chi connectivity index (χ1) is 9.38. The van der Waals surface area contributed by atoms with Gasteiger partial charge in [-0.25, -0.2) is 10.2 Å². The molecule has 1 rings (SSSR count). The predicted molar refractivity (Wildman–Crippen MR) is 78.3 cm³/mol. The second-order valence-corrected chi connectivity index (χ2v) is 4.77. The van der Waals surface area contributed by atoms with E-state index >= 15 is 0 Å². The van der Waals surface area contributed by atoms with E-state index in [-0.39, 0.29) is 12.2 Å². The fourth-order valence-electron chi connectivity index (χ4n) is 1.49. The summed E-state index contributed by atoms with van der Waals surface area (Å²) in [5.41, 5.74) is 7.81. The molecule has 0 spiro atoms. The standard InChI is InChI=1S/C14H21N3O3/c1-9(2)19-12-6-5-11(8-16-17-14(15)18)13(7-12)20-10(3)4/h5-10H,1-4H3,(H3,15,17,18)/b16-8-. The summed E-state index contributed by atoms with van der Waals surface area (Å²) in [7, 11) is 0. The molecule has 0 saturated carbocycles. The number of nitrogens with one attached hydrogen (secondary N) is 1. The van der Waals surface area contributed by atoms with Crippen molar-refractivity contribution in [2.45, 2.75) is 39.9 Å². The Hall–Kier alpha value is -2.24. The fraction of sp³-hybridized carbons (Fsp3) is 0.429. The minimum Gasteiger partial charge on any atom is -0.491 e. The predicted octanol–water partition coefficient (Wildman–Crippen LogP) is 2.26. The molecule has 1 aromatic rings. The van der Waals surface area contributed by atoms with Crippen molar-refractivity contribution in [1.29, 1.82) is 0 Å². The van der Waals surface area contributed by atoms with Gasteiger partial charge in [-0.1, -0.05) is 0 Å². The number of nitrogens with two attached hydrogens (primary N) is 1. The third-order valence-corrected chi connectivity index (χ3v) is 2.10. The molecule has 0 aliphatic carbocycles. The van der Waals surface area contributed by atoms with Crippen LogP contribution in [-0.4, -0.2) is 24.5 Å². The number of hydrazone groups is 1. The molecule has 0 aliphatic rings. The van der Waals surface area contributed by atoms with Crippen LogP contribution >= 0.6 is 0 Å². The molecule has 0 fully saturated rings. The molecule has 0 aliphatic heterocycles. The number of ether oxygens (including phenoxy) is 2. The summed E-state index contributed by atoms with van der Waals surface area (Å²) in [5.74, 6) is 1.35. The molecule has 0 radical (unpaired) electrons. The Morgan fingerprint density at radius 3 is 2.45 bits per heavy atom. The van der Waals surface area contributed by atoms with Crippen molar-refractivity contribution in [2.75, 3.05) is 0 Å². The number of carbonyl (C=O) groups excluding carboxylic acids is 1. The lowest BCUT2D eigenvalue weighted by atomic mass is 10.2. The summed E-state index contributed by atoms with van der Waals surface area (Å²) in [4.78, 5) is 10.6. The van der Waals surface area contributed by atoms with E-state index in [2.05, 4.69) is 10.5 Å². The quantitative estimate of drug-likeness (QED) is 0.618. The molecule has 3 N–H and O–H groups in total. The molecule has 0 bridgehead atoms. The Balaban J connectivity index is 2.96. The van der Waals surface area contributed by atoms with E-state index in [1.165, 1.54) is 6.21 Å².